The number of nitrogens with two attached hydrogens (primary N) is 1. The van der Waals surface area contributed by atoms with Gasteiger partial charge in [0, 0.05) is 6.07 Å². The number of hydrogen-bond acceptors (Lipinski definition) is 6. The molecule has 0 aliphatic carbocycles. The summed E-state index contributed by atoms with van der Waals surface area (Å²) in [5.74, 6) is 0.847. The molecule has 0 radical (unpaired) electrons. The standard InChI is InChI=1S/C19H14N6O/c20-10-14-5-1-2-7-15(14)13-6-3-4-12(8-13)11-26-16-9-17(21)22-19-18(16)23-25-24-19/h1-9H,11H2,(H3,21,22,23,24,25). The fraction of sp³-hybridized carbons (Fsp3) is 0.0526. The SMILES string of the molecule is N#Cc1ccccc1-c1cccc(COc2cc(N)nc3[nH]nnc23)c1. The van der Waals surface area contributed by atoms with Crippen LogP contribution in [-0.4, -0.2) is 20.4 Å². The molecule has 0 amide bonds. The summed E-state index contributed by atoms with van der Waals surface area (Å²) in [5, 5.41) is 19.7. The molecule has 0 unspecified atom stereocenters. The summed E-state index contributed by atoms with van der Waals surface area (Å²) in [4.78, 5) is 4.11. The molecular weight excluding hydrogens is 328 g/mol. The van der Waals surface area contributed by atoms with Gasteiger partial charge in [-0.3, -0.25) is 0 Å². The zero-order valence-corrected chi connectivity index (χ0v) is 13.7. The molecule has 4 aromatic rings. The fourth-order valence-corrected chi connectivity index (χ4v) is 2.76. The lowest BCUT2D eigenvalue weighted by molar-refractivity contribution is 0.309. The Labute approximate surface area is 149 Å². The highest BCUT2D eigenvalue weighted by Gasteiger charge is 2.10. The smallest absolute Gasteiger partial charge is 0.181 e. The Morgan fingerprint density at radius 1 is 1.12 bits per heavy atom. The number of nitrogen functional groups attached to an aromatic ring is 1. The number of fused-ring (bicyclic) bond motifs is 1. The number of H-pyrrole nitrogens is 1. The van der Waals surface area contributed by atoms with Gasteiger partial charge in [-0.1, -0.05) is 41.6 Å². The Morgan fingerprint density at radius 3 is 2.88 bits per heavy atom. The first kappa shape index (κ1) is 15.6. The Bertz CT molecular complexity index is 1130. The van der Waals surface area contributed by atoms with Crippen molar-refractivity contribution in [2.24, 2.45) is 0 Å². The first-order valence-electron chi connectivity index (χ1n) is 7.93. The Kier molecular flexibility index (Phi) is 3.92. The number of nitrogens with one attached hydrogen (secondary N) is 1. The monoisotopic (exact) mass is 342 g/mol. The van der Waals surface area contributed by atoms with Crippen LogP contribution in [0.3, 0.4) is 0 Å². The molecule has 0 fully saturated rings. The number of anilines is 1. The first-order chi connectivity index (χ1) is 12.7. The lowest BCUT2D eigenvalue weighted by atomic mass is 9.99. The van der Waals surface area contributed by atoms with Crippen LogP contribution in [0.2, 0.25) is 0 Å². The van der Waals surface area contributed by atoms with Crippen molar-refractivity contribution in [3.63, 3.8) is 0 Å². The Hall–Kier alpha value is -3.92. The molecule has 4 rings (SSSR count). The summed E-state index contributed by atoms with van der Waals surface area (Å²) in [7, 11) is 0. The number of ether oxygens (including phenoxy) is 1. The fourth-order valence-electron chi connectivity index (χ4n) is 2.76. The highest BCUT2D eigenvalue weighted by molar-refractivity contribution is 5.79. The van der Waals surface area contributed by atoms with Gasteiger partial charge in [0.2, 0.25) is 0 Å². The largest absolute Gasteiger partial charge is 0.486 e. The zero-order chi connectivity index (χ0) is 17.9. The second-order valence-corrected chi connectivity index (χ2v) is 5.70. The highest BCUT2D eigenvalue weighted by Crippen LogP contribution is 2.26. The van der Waals surface area contributed by atoms with E-state index in [1.807, 2.05) is 42.5 Å². The molecule has 7 nitrogen and oxygen atoms in total. The molecule has 0 saturated heterocycles. The molecule has 2 aromatic heterocycles. The van der Waals surface area contributed by atoms with Crippen LogP contribution >= 0.6 is 0 Å². The molecule has 0 bridgehead atoms. The molecule has 0 atom stereocenters. The van der Waals surface area contributed by atoms with Crippen LogP contribution in [0.15, 0.2) is 54.6 Å². The van der Waals surface area contributed by atoms with Crippen molar-refractivity contribution < 1.29 is 4.74 Å². The number of benzene rings is 2. The highest BCUT2D eigenvalue weighted by atomic mass is 16.5. The molecule has 2 aromatic carbocycles. The summed E-state index contributed by atoms with van der Waals surface area (Å²) in [5.41, 5.74) is 10.3. The van der Waals surface area contributed by atoms with Crippen LogP contribution < -0.4 is 10.5 Å². The maximum Gasteiger partial charge on any atom is 0.181 e. The average molecular weight is 342 g/mol. The van der Waals surface area contributed by atoms with Crippen molar-refractivity contribution in [3.8, 4) is 22.9 Å². The maximum atomic E-state index is 9.30. The van der Waals surface area contributed by atoms with Gasteiger partial charge in [-0.2, -0.15) is 5.26 Å². The van der Waals surface area contributed by atoms with Gasteiger partial charge in [-0.05, 0) is 28.8 Å². The number of rotatable bonds is 4. The van der Waals surface area contributed by atoms with Crippen LogP contribution in [0.4, 0.5) is 5.82 Å². The summed E-state index contributed by atoms with van der Waals surface area (Å²) in [6.45, 7) is 0.327. The lowest BCUT2D eigenvalue weighted by Crippen LogP contribution is -1.99. The molecule has 26 heavy (non-hydrogen) atoms. The molecule has 0 spiro atoms. The number of aromatic nitrogens is 4. The minimum Gasteiger partial charge on any atom is -0.486 e. The van der Waals surface area contributed by atoms with Gasteiger partial charge >= 0.3 is 0 Å². The minimum absolute atomic E-state index is 0.327. The molecule has 0 saturated carbocycles. The minimum atomic E-state index is 0.327. The third-order valence-electron chi connectivity index (χ3n) is 3.96. The maximum absolute atomic E-state index is 9.30. The third-order valence-corrected chi connectivity index (χ3v) is 3.96. The number of pyridine rings is 1. The molecule has 0 aliphatic rings. The summed E-state index contributed by atoms with van der Waals surface area (Å²) in [6.07, 6.45) is 0. The van der Waals surface area contributed by atoms with Crippen molar-refractivity contribution in [2.45, 2.75) is 6.61 Å². The van der Waals surface area contributed by atoms with Gasteiger partial charge in [-0.15, -0.1) is 5.10 Å². The van der Waals surface area contributed by atoms with E-state index >= 15 is 0 Å². The molecule has 3 N–H and O–H groups in total. The van der Waals surface area contributed by atoms with E-state index in [9.17, 15) is 5.26 Å². The Morgan fingerprint density at radius 2 is 2.00 bits per heavy atom. The molecule has 0 aliphatic heterocycles. The number of nitriles is 1. The van der Waals surface area contributed by atoms with Crippen molar-refractivity contribution in [1.82, 2.24) is 20.4 Å². The molecule has 2 heterocycles. The van der Waals surface area contributed by atoms with E-state index in [1.54, 1.807) is 12.1 Å². The van der Waals surface area contributed by atoms with E-state index < -0.39 is 0 Å². The van der Waals surface area contributed by atoms with Crippen molar-refractivity contribution in [1.29, 1.82) is 5.26 Å². The molecule has 7 heteroatoms. The van der Waals surface area contributed by atoms with Crippen molar-refractivity contribution in [2.75, 3.05) is 5.73 Å². The number of nitrogens with zero attached hydrogens (tertiary/aromatic N) is 4. The zero-order valence-electron chi connectivity index (χ0n) is 13.7. The van der Waals surface area contributed by atoms with E-state index in [0.29, 0.717) is 34.9 Å². The van der Waals surface area contributed by atoms with Gasteiger partial charge in [0.05, 0.1) is 11.6 Å². The normalized spacial score (nSPS) is 10.6. The van der Waals surface area contributed by atoms with Gasteiger partial charge in [0.15, 0.2) is 16.9 Å². The van der Waals surface area contributed by atoms with Crippen LogP contribution in [-0.2, 0) is 6.61 Å². The van der Waals surface area contributed by atoms with Gasteiger partial charge in [0.1, 0.15) is 12.4 Å². The van der Waals surface area contributed by atoms with Crippen molar-refractivity contribution in [3.05, 3.63) is 65.7 Å². The van der Waals surface area contributed by atoms with E-state index in [0.717, 1.165) is 16.7 Å². The van der Waals surface area contributed by atoms with E-state index in [-0.39, 0.29) is 0 Å². The van der Waals surface area contributed by atoms with Gasteiger partial charge in [-0.25, -0.2) is 10.1 Å². The second kappa shape index (κ2) is 6.53. The van der Waals surface area contributed by atoms with Crippen LogP contribution in [0.5, 0.6) is 5.75 Å². The molecule has 126 valence electrons. The second-order valence-electron chi connectivity index (χ2n) is 5.70. The lowest BCUT2D eigenvalue weighted by Gasteiger charge is -2.09. The number of hydrogen-bond donors (Lipinski definition) is 2. The third kappa shape index (κ3) is 2.91. The topological polar surface area (TPSA) is 114 Å². The van der Waals surface area contributed by atoms with Gasteiger partial charge in [0.25, 0.3) is 0 Å². The first-order valence-corrected chi connectivity index (χ1v) is 7.93. The summed E-state index contributed by atoms with van der Waals surface area (Å²) < 4.78 is 5.88. The summed E-state index contributed by atoms with van der Waals surface area (Å²) >= 11 is 0. The molecular formula is C19H14N6O. The van der Waals surface area contributed by atoms with E-state index in [1.165, 1.54) is 0 Å². The quantitative estimate of drug-likeness (QED) is 0.589. The number of aromatic amines is 1. The van der Waals surface area contributed by atoms with E-state index in [2.05, 4.69) is 26.5 Å². The average Bonchev–Trinajstić information content (AvgIpc) is 3.14. The van der Waals surface area contributed by atoms with Crippen LogP contribution in [0.25, 0.3) is 22.3 Å². The Balaban J connectivity index is 1.62. The predicted octanol–water partition coefficient (Wildman–Crippen LogP) is 3.05. The van der Waals surface area contributed by atoms with Crippen LogP contribution in [0.1, 0.15) is 11.1 Å². The predicted molar refractivity (Wildman–Crippen MR) is 97.0 cm³/mol. The van der Waals surface area contributed by atoms with E-state index in [4.69, 9.17) is 10.5 Å². The van der Waals surface area contributed by atoms with Crippen molar-refractivity contribution >= 4 is 17.0 Å². The van der Waals surface area contributed by atoms with Gasteiger partial charge < -0.3 is 10.5 Å². The summed E-state index contributed by atoms with van der Waals surface area (Å²) in [6, 6.07) is 19.2. The van der Waals surface area contributed by atoms with Crippen LogP contribution in [0, 0.1) is 11.3 Å².